The minimum Gasteiger partial charge on any atom is -0.383 e. The van der Waals surface area contributed by atoms with Crippen LogP contribution in [0.3, 0.4) is 0 Å². The standard InChI is InChI=1S/C15H21N5OS/c1-21-10-9-19-5-7-20(8-6-19)11-13-12-22-15(18-13)14-16-3-2-4-17-14/h2-4,12H,5-11H2,1H3. The molecule has 2 aromatic heterocycles. The van der Waals surface area contributed by atoms with Gasteiger partial charge in [0.25, 0.3) is 0 Å². The fourth-order valence-electron chi connectivity index (χ4n) is 2.51. The molecule has 1 saturated heterocycles. The van der Waals surface area contributed by atoms with Crippen LogP contribution in [-0.2, 0) is 11.3 Å². The largest absolute Gasteiger partial charge is 0.383 e. The summed E-state index contributed by atoms with van der Waals surface area (Å²) in [6, 6.07) is 1.82. The van der Waals surface area contributed by atoms with Gasteiger partial charge in [-0.2, -0.15) is 0 Å². The number of thiazole rings is 1. The number of ether oxygens (including phenoxy) is 1. The van der Waals surface area contributed by atoms with Gasteiger partial charge in [0.2, 0.25) is 0 Å². The van der Waals surface area contributed by atoms with E-state index in [1.54, 1.807) is 30.8 Å². The first-order valence-electron chi connectivity index (χ1n) is 7.50. The highest BCUT2D eigenvalue weighted by atomic mass is 32.1. The molecule has 2 aromatic rings. The maximum absolute atomic E-state index is 5.14. The molecule has 0 unspecified atom stereocenters. The molecule has 6 nitrogen and oxygen atoms in total. The monoisotopic (exact) mass is 319 g/mol. The smallest absolute Gasteiger partial charge is 0.188 e. The molecule has 7 heteroatoms. The first-order valence-corrected chi connectivity index (χ1v) is 8.38. The molecule has 0 spiro atoms. The quantitative estimate of drug-likeness (QED) is 0.801. The molecule has 0 atom stereocenters. The highest BCUT2D eigenvalue weighted by Crippen LogP contribution is 2.20. The van der Waals surface area contributed by atoms with E-state index in [1.165, 1.54) is 0 Å². The van der Waals surface area contributed by atoms with E-state index in [1.807, 2.05) is 6.07 Å². The Kier molecular flexibility index (Phi) is 5.44. The molecule has 22 heavy (non-hydrogen) atoms. The van der Waals surface area contributed by atoms with Gasteiger partial charge in [-0.25, -0.2) is 15.0 Å². The number of piperazine rings is 1. The zero-order valence-corrected chi connectivity index (χ0v) is 13.6. The van der Waals surface area contributed by atoms with Gasteiger partial charge in [-0.05, 0) is 6.07 Å². The Balaban J connectivity index is 1.51. The van der Waals surface area contributed by atoms with E-state index in [0.717, 1.165) is 56.6 Å². The Morgan fingerprint density at radius 3 is 2.59 bits per heavy atom. The molecule has 0 bridgehead atoms. The SMILES string of the molecule is COCCN1CCN(Cc2csc(-c3ncccn3)n2)CC1. The third kappa shape index (κ3) is 4.07. The molecule has 0 amide bonds. The van der Waals surface area contributed by atoms with Crippen LogP contribution in [0.5, 0.6) is 0 Å². The zero-order chi connectivity index (χ0) is 15.2. The molecule has 0 aromatic carbocycles. The number of rotatable bonds is 6. The van der Waals surface area contributed by atoms with Crippen molar-refractivity contribution in [3.05, 3.63) is 29.5 Å². The second-order valence-electron chi connectivity index (χ2n) is 5.33. The van der Waals surface area contributed by atoms with E-state index in [4.69, 9.17) is 4.74 Å². The van der Waals surface area contributed by atoms with E-state index >= 15 is 0 Å². The van der Waals surface area contributed by atoms with Crippen LogP contribution in [0.1, 0.15) is 5.69 Å². The molecule has 0 saturated carbocycles. The van der Waals surface area contributed by atoms with E-state index in [-0.39, 0.29) is 0 Å². The third-order valence-electron chi connectivity index (χ3n) is 3.77. The summed E-state index contributed by atoms with van der Waals surface area (Å²) in [5.41, 5.74) is 1.11. The summed E-state index contributed by atoms with van der Waals surface area (Å²) < 4.78 is 5.14. The number of methoxy groups -OCH3 is 1. The number of aromatic nitrogens is 3. The first kappa shape index (κ1) is 15.5. The lowest BCUT2D eigenvalue weighted by Crippen LogP contribution is -2.46. The minimum atomic E-state index is 0.711. The van der Waals surface area contributed by atoms with Gasteiger partial charge in [-0.15, -0.1) is 11.3 Å². The van der Waals surface area contributed by atoms with Gasteiger partial charge in [-0.3, -0.25) is 9.80 Å². The normalized spacial score (nSPS) is 17.0. The molecular formula is C15H21N5OS. The maximum Gasteiger partial charge on any atom is 0.188 e. The van der Waals surface area contributed by atoms with Crippen LogP contribution >= 0.6 is 11.3 Å². The lowest BCUT2D eigenvalue weighted by Gasteiger charge is -2.34. The van der Waals surface area contributed by atoms with Crippen molar-refractivity contribution in [3.8, 4) is 10.8 Å². The Morgan fingerprint density at radius 2 is 1.86 bits per heavy atom. The Labute approximate surface area is 134 Å². The van der Waals surface area contributed by atoms with Gasteiger partial charge in [0.05, 0.1) is 12.3 Å². The van der Waals surface area contributed by atoms with E-state index in [0.29, 0.717) is 5.82 Å². The van der Waals surface area contributed by atoms with Crippen LogP contribution in [0.4, 0.5) is 0 Å². The summed E-state index contributed by atoms with van der Waals surface area (Å²) in [5, 5.41) is 3.01. The predicted octanol–water partition coefficient (Wildman–Crippen LogP) is 1.36. The molecule has 3 heterocycles. The van der Waals surface area contributed by atoms with Crippen molar-refractivity contribution < 1.29 is 4.74 Å². The maximum atomic E-state index is 5.14. The van der Waals surface area contributed by atoms with Gasteiger partial charge in [-0.1, -0.05) is 0 Å². The van der Waals surface area contributed by atoms with Crippen molar-refractivity contribution in [1.82, 2.24) is 24.8 Å². The summed E-state index contributed by atoms with van der Waals surface area (Å²) >= 11 is 1.61. The summed E-state index contributed by atoms with van der Waals surface area (Å²) in [5.74, 6) is 0.711. The van der Waals surface area contributed by atoms with Gasteiger partial charge >= 0.3 is 0 Å². The minimum absolute atomic E-state index is 0.711. The summed E-state index contributed by atoms with van der Waals surface area (Å²) in [7, 11) is 1.76. The van der Waals surface area contributed by atoms with Crippen LogP contribution in [0.2, 0.25) is 0 Å². The lowest BCUT2D eigenvalue weighted by molar-refractivity contribution is 0.0933. The Hall–Kier alpha value is -1.41. The van der Waals surface area contributed by atoms with Crippen LogP contribution in [0, 0.1) is 0 Å². The second kappa shape index (κ2) is 7.73. The number of hydrogen-bond acceptors (Lipinski definition) is 7. The van der Waals surface area contributed by atoms with Crippen LogP contribution in [-0.4, -0.2) is 71.2 Å². The van der Waals surface area contributed by atoms with Crippen molar-refractivity contribution in [3.63, 3.8) is 0 Å². The van der Waals surface area contributed by atoms with Crippen LogP contribution < -0.4 is 0 Å². The fraction of sp³-hybridized carbons (Fsp3) is 0.533. The van der Waals surface area contributed by atoms with Gasteiger partial charge in [0.15, 0.2) is 10.8 Å². The van der Waals surface area contributed by atoms with E-state index in [9.17, 15) is 0 Å². The van der Waals surface area contributed by atoms with Crippen LogP contribution in [0.15, 0.2) is 23.8 Å². The molecule has 1 aliphatic rings. The highest BCUT2D eigenvalue weighted by Gasteiger charge is 2.17. The fourth-order valence-corrected chi connectivity index (χ4v) is 3.27. The molecule has 0 aliphatic carbocycles. The molecule has 3 rings (SSSR count). The van der Waals surface area contributed by atoms with Gasteiger partial charge in [0.1, 0.15) is 0 Å². The first-order chi connectivity index (χ1) is 10.8. The van der Waals surface area contributed by atoms with Gasteiger partial charge < -0.3 is 4.74 Å². The van der Waals surface area contributed by atoms with Crippen molar-refractivity contribution in [1.29, 1.82) is 0 Å². The molecule has 1 fully saturated rings. The Morgan fingerprint density at radius 1 is 1.14 bits per heavy atom. The predicted molar refractivity (Wildman–Crippen MR) is 86.7 cm³/mol. The summed E-state index contributed by atoms with van der Waals surface area (Å²) in [6.07, 6.45) is 3.51. The highest BCUT2D eigenvalue weighted by molar-refractivity contribution is 7.13. The lowest BCUT2D eigenvalue weighted by atomic mass is 10.3. The Bertz CT molecular complexity index is 568. The average molecular weight is 319 g/mol. The second-order valence-corrected chi connectivity index (χ2v) is 6.19. The van der Waals surface area contributed by atoms with Crippen molar-refractivity contribution in [2.75, 3.05) is 46.4 Å². The molecule has 118 valence electrons. The van der Waals surface area contributed by atoms with Crippen molar-refractivity contribution in [2.24, 2.45) is 0 Å². The number of hydrogen-bond donors (Lipinski definition) is 0. The van der Waals surface area contributed by atoms with E-state index in [2.05, 4.69) is 30.1 Å². The summed E-state index contributed by atoms with van der Waals surface area (Å²) in [6.45, 7) is 7.10. The molecule has 0 radical (unpaired) electrons. The van der Waals surface area contributed by atoms with E-state index < -0.39 is 0 Å². The third-order valence-corrected chi connectivity index (χ3v) is 4.66. The zero-order valence-electron chi connectivity index (χ0n) is 12.8. The van der Waals surface area contributed by atoms with Gasteiger partial charge in [0, 0.05) is 64.2 Å². The van der Waals surface area contributed by atoms with Crippen molar-refractivity contribution >= 4 is 11.3 Å². The molecular weight excluding hydrogens is 298 g/mol. The molecule has 1 aliphatic heterocycles. The van der Waals surface area contributed by atoms with Crippen LogP contribution in [0.25, 0.3) is 10.8 Å². The molecule has 0 N–H and O–H groups in total. The topological polar surface area (TPSA) is 54.4 Å². The summed E-state index contributed by atoms with van der Waals surface area (Å²) in [4.78, 5) is 18.1. The van der Waals surface area contributed by atoms with Crippen molar-refractivity contribution in [2.45, 2.75) is 6.54 Å². The average Bonchev–Trinajstić information content (AvgIpc) is 3.04. The number of nitrogens with zero attached hydrogens (tertiary/aromatic N) is 5.